The van der Waals surface area contributed by atoms with Crippen LogP contribution >= 0.6 is 11.3 Å². The maximum absolute atomic E-state index is 13.3. The smallest absolute Gasteiger partial charge is 0.264 e. The molecule has 6 nitrogen and oxygen atoms in total. The van der Waals surface area contributed by atoms with Gasteiger partial charge in [-0.3, -0.25) is 9.10 Å². The number of para-hydroxylation sites is 1. The van der Waals surface area contributed by atoms with Gasteiger partial charge in [-0.25, -0.2) is 8.42 Å². The zero-order chi connectivity index (χ0) is 25.3. The van der Waals surface area contributed by atoms with Crippen LogP contribution in [0, 0.1) is 6.92 Å². The number of nitrogens with zero attached hydrogens (tertiary/aromatic N) is 3. The Bertz CT molecular complexity index is 1470. The predicted octanol–water partition coefficient (Wildman–Crippen LogP) is 5.39. The minimum absolute atomic E-state index is 0.0325. The molecule has 0 radical (unpaired) electrons. The second-order valence-corrected chi connectivity index (χ2v) is 11.9. The summed E-state index contributed by atoms with van der Waals surface area (Å²) >= 11 is 1.46. The molecule has 1 aromatic heterocycles. The van der Waals surface area contributed by atoms with E-state index in [2.05, 4.69) is 17.0 Å². The van der Waals surface area contributed by atoms with Crippen LogP contribution in [0.3, 0.4) is 0 Å². The van der Waals surface area contributed by atoms with Crippen molar-refractivity contribution in [2.75, 3.05) is 41.9 Å². The van der Waals surface area contributed by atoms with Gasteiger partial charge < -0.3 is 9.80 Å². The van der Waals surface area contributed by atoms with E-state index in [1.165, 1.54) is 21.3 Å². The number of aryl methyl sites for hydroxylation is 1. The molecule has 8 heteroatoms. The van der Waals surface area contributed by atoms with E-state index in [0.29, 0.717) is 30.2 Å². The molecule has 0 atom stereocenters. The summed E-state index contributed by atoms with van der Waals surface area (Å²) in [6, 6.07) is 24.7. The molecule has 1 fully saturated rings. The number of hydrogen-bond acceptors (Lipinski definition) is 5. The van der Waals surface area contributed by atoms with E-state index in [0.717, 1.165) is 28.7 Å². The van der Waals surface area contributed by atoms with Crippen LogP contribution in [0.5, 0.6) is 0 Å². The Kier molecular flexibility index (Phi) is 6.73. The van der Waals surface area contributed by atoms with Gasteiger partial charge in [-0.05, 0) is 67.8 Å². The van der Waals surface area contributed by atoms with Crippen LogP contribution in [0.25, 0.3) is 10.1 Å². The number of amides is 1. The van der Waals surface area contributed by atoms with Crippen LogP contribution in [0.1, 0.15) is 22.2 Å². The largest absolute Gasteiger partial charge is 0.368 e. The molecule has 1 amide bonds. The molecule has 0 N–H and O–H groups in total. The summed E-state index contributed by atoms with van der Waals surface area (Å²) in [7, 11) is -3.69. The molecule has 2 heterocycles. The normalized spacial score (nSPS) is 14.3. The van der Waals surface area contributed by atoms with Gasteiger partial charge in [0.05, 0.1) is 15.5 Å². The van der Waals surface area contributed by atoms with Gasteiger partial charge in [0.1, 0.15) is 0 Å². The fraction of sp³-hybridized carbons (Fsp3) is 0.250. The molecule has 1 saturated heterocycles. The summed E-state index contributed by atoms with van der Waals surface area (Å²) in [5.41, 5.74) is 2.79. The molecule has 1 aliphatic heterocycles. The molecule has 0 saturated carbocycles. The summed E-state index contributed by atoms with van der Waals surface area (Å²) in [5, 5.41) is 0.876. The zero-order valence-corrected chi connectivity index (χ0v) is 22.1. The van der Waals surface area contributed by atoms with Crippen molar-refractivity contribution in [1.82, 2.24) is 4.90 Å². The fourth-order valence-corrected chi connectivity index (χ4v) is 7.06. The van der Waals surface area contributed by atoms with Crippen molar-refractivity contribution in [3.63, 3.8) is 0 Å². The molecule has 0 bridgehead atoms. The predicted molar refractivity (Wildman–Crippen MR) is 148 cm³/mol. The maximum atomic E-state index is 13.3. The highest BCUT2D eigenvalue weighted by atomic mass is 32.2. The Morgan fingerprint density at radius 2 is 1.61 bits per heavy atom. The molecule has 36 heavy (non-hydrogen) atoms. The number of rotatable bonds is 6. The molecule has 5 rings (SSSR count). The van der Waals surface area contributed by atoms with Crippen molar-refractivity contribution in [2.45, 2.75) is 18.7 Å². The number of thiophene rings is 1. The Hall–Kier alpha value is -3.36. The standard InChI is InChI=1S/C28H29N3O3S2/c1-3-31(36(33,34)25-12-9-21(2)10-13-25)24-11-14-26-22(19-24)20-27(35-26)28(32)30-17-15-29(16-18-30)23-7-5-4-6-8-23/h4-14,19-20H,3,15-18H2,1-2H3. The molecule has 4 aromatic rings. The summed E-state index contributed by atoms with van der Waals surface area (Å²) in [5.74, 6) is 0.0325. The topological polar surface area (TPSA) is 60.9 Å². The Morgan fingerprint density at radius 3 is 2.28 bits per heavy atom. The molecule has 0 unspecified atom stereocenters. The maximum Gasteiger partial charge on any atom is 0.264 e. The van der Waals surface area contributed by atoms with E-state index in [1.54, 1.807) is 24.3 Å². The average molecular weight is 520 g/mol. The van der Waals surface area contributed by atoms with Gasteiger partial charge in [0.2, 0.25) is 0 Å². The molecule has 0 spiro atoms. The molecular weight excluding hydrogens is 490 g/mol. The van der Waals surface area contributed by atoms with Crippen LogP contribution in [0.4, 0.5) is 11.4 Å². The number of carbonyl (C=O) groups excluding carboxylic acids is 1. The van der Waals surface area contributed by atoms with E-state index < -0.39 is 10.0 Å². The van der Waals surface area contributed by atoms with Crippen molar-refractivity contribution < 1.29 is 13.2 Å². The summed E-state index contributed by atoms with van der Waals surface area (Å²) in [4.78, 5) is 18.4. The monoisotopic (exact) mass is 519 g/mol. The van der Waals surface area contributed by atoms with E-state index in [1.807, 2.05) is 61.2 Å². The Balaban J connectivity index is 1.35. The van der Waals surface area contributed by atoms with Gasteiger partial charge in [0.25, 0.3) is 15.9 Å². The first-order valence-corrected chi connectivity index (χ1v) is 14.3. The number of anilines is 2. The van der Waals surface area contributed by atoms with E-state index in [4.69, 9.17) is 0 Å². The second kappa shape index (κ2) is 9.95. The summed E-state index contributed by atoms with van der Waals surface area (Å²) in [6.07, 6.45) is 0. The van der Waals surface area contributed by atoms with Crippen LogP contribution in [-0.2, 0) is 10.0 Å². The first-order valence-electron chi connectivity index (χ1n) is 12.1. The lowest BCUT2D eigenvalue weighted by atomic mass is 10.2. The fourth-order valence-electron chi connectivity index (χ4n) is 4.58. The number of benzene rings is 3. The van der Waals surface area contributed by atoms with E-state index in [-0.39, 0.29) is 10.8 Å². The van der Waals surface area contributed by atoms with Crippen molar-refractivity contribution in [1.29, 1.82) is 0 Å². The number of piperazine rings is 1. The van der Waals surface area contributed by atoms with Gasteiger partial charge in [-0.1, -0.05) is 35.9 Å². The third-order valence-corrected chi connectivity index (χ3v) is 9.60. The van der Waals surface area contributed by atoms with Crippen molar-refractivity contribution in [3.05, 3.63) is 89.3 Å². The molecule has 186 valence electrons. The number of sulfonamides is 1. The van der Waals surface area contributed by atoms with Crippen LogP contribution < -0.4 is 9.21 Å². The van der Waals surface area contributed by atoms with Gasteiger partial charge in [0, 0.05) is 43.1 Å². The lowest BCUT2D eigenvalue weighted by Crippen LogP contribution is -2.48. The highest BCUT2D eigenvalue weighted by Crippen LogP contribution is 2.32. The molecule has 1 aliphatic rings. The van der Waals surface area contributed by atoms with Gasteiger partial charge in [-0.15, -0.1) is 11.3 Å². The first kappa shape index (κ1) is 24.3. The number of fused-ring (bicyclic) bond motifs is 1. The van der Waals surface area contributed by atoms with Crippen LogP contribution in [0.15, 0.2) is 83.8 Å². The van der Waals surface area contributed by atoms with E-state index >= 15 is 0 Å². The quantitative estimate of drug-likeness (QED) is 0.343. The zero-order valence-electron chi connectivity index (χ0n) is 20.4. The Labute approximate surface area is 216 Å². The van der Waals surface area contributed by atoms with E-state index in [9.17, 15) is 13.2 Å². The van der Waals surface area contributed by atoms with Crippen molar-refractivity contribution >= 4 is 48.7 Å². The third kappa shape index (κ3) is 4.70. The SMILES string of the molecule is CCN(c1ccc2sc(C(=O)N3CCN(c4ccccc4)CC3)cc2c1)S(=O)(=O)c1ccc(C)cc1. The Morgan fingerprint density at radius 1 is 0.917 bits per heavy atom. The average Bonchev–Trinajstić information content (AvgIpc) is 3.33. The lowest BCUT2D eigenvalue weighted by molar-refractivity contribution is 0.0751. The highest BCUT2D eigenvalue weighted by molar-refractivity contribution is 7.92. The van der Waals surface area contributed by atoms with Gasteiger partial charge >= 0.3 is 0 Å². The second-order valence-electron chi connectivity index (χ2n) is 8.93. The van der Waals surface area contributed by atoms with Crippen molar-refractivity contribution in [3.8, 4) is 0 Å². The molecule has 0 aliphatic carbocycles. The van der Waals surface area contributed by atoms with Gasteiger partial charge in [0.15, 0.2) is 0 Å². The minimum Gasteiger partial charge on any atom is -0.368 e. The molecular formula is C28H29N3O3S2. The highest BCUT2D eigenvalue weighted by Gasteiger charge is 2.26. The van der Waals surface area contributed by atoms with Gasteiger partial charge in [-0.2, -0.15) is 0 Å². The first-order chi connectivity index (χ1) is 17.4. The third-order valence-electron chi connectivity index (χ3n) is 6.58. The van der Waals surface area contributed by atoms with Crippen LogP contribution in [-0.4, -0.2) is 51.9 Å². The lowest BCUT2D eigenvalue weighted by Gasteiger charge is -2.35. The molecule has 3 aromatic carbocycles. The summed E-state index contributed by atoms with van der Waals surface area (Å²) < 4.78 is 29.0. The summed E-state index contributed by atoms with van der Waals surface area (Å²) in [6.45, 7) is 7.01. The number of carbonyl (C=O) groups is 1. The number of hydrogen-bond donors (Lipinski definition) is 0. The van der Waals surface area contributed by atoms with Crippen LogP contribution in [0.2, 0.25) is 0 Å². The van der Waals surface area contributed by atoms with Crippen molar-refractivity contribution in [2.24, 2.45) is 0 Å². The minimum atomic E-state index is -3.69.